The van der Waals surface area contributed by atoms with E-state index < -0.39 is 11.7 Å². The van der Waals surface area contributed by atoms with Crippen LogP contribution >= 0.6 is 0 Å². The average Bonchev–Trinajstić information content (AvgIpc) is 2.28. The molecule has 0 aliphatic rings. The van der Waals surface area contributed by atoms with Crippen LogP contribution in [0.4, 0.5) is 0 Å². The SMILES string of the molecule is CCCCCC(O)(CCCCC)C(O)CO. The molecule has 0 rings (SSSR count). The summed E-state index contributed by atoms with van der Waals surface area (Å²) in [5.74, 6) is 0. The van der Waals surface area contributed by atoms with E-state index in [1.165, 1.54) is 0 Å². The third-order valence-electron chi connectivity index (χ3n) is 3.22. The molecule has 0 aromatic heterocycles. The highest BCUT2D eigenvalue weighted by Gasteiger charge is 2.33. The topological polar surface area (TPSA) is 60.7 Å². The van der Waals surface area contributed by atoms with Crippen LogP contribution in [0, 0.1) is 0 Å². The van der Waals surface area contributed by atoms with Crippen molar-refractivity contribution in [2.24, 2.45) is 0 Å². The Labute approximate surface area is 99.5 Å². The van der Waals surface area contributed by atoms with Gasteiger partial charge in [0.1, 0.15) is 6.10 Å². The van der Waals surface area contributed by atoms with Gasteiger partial charge < -0.3 is 15.3 Å². The van der Waals surface area contributed by atoms with Crippen LogP contribution < -0.4 is 0 Å². The molecule has 0 fully saturated rings. The fourth-order valence-electron chi connectivity index (χ4n) is 1.99. The summed E-state index contributed by atoms with van der Waals surface area (Å²) in [4.78, 5) is 0. The molecule has 0 amide bonds. The third-order valence-corrected chi connectivity index (χ3v) is 3.22. The predicted octanol–water partition coefficient (Wildman–Crippen LogP) is 2.23. The van der Waals surface area contributed by atoms with Gasteiger partial charge >= 0.3 is 0 Å². The highest BCUT2D eigenvalue weighted by atomic mass is 16.4. The zero-order valence-electron chi connectivity index (χ0n) is 10.8. The standard InChI is InChI=1S/C13H28O3/c1-3-5-7-9-13(16,12(15)11-14)10-8-6-4-2/h12,14-16H,3-11H2,1-2H3. The van der Waals surface area contributed by atoms with Crippen molar-refractivity contribution in [1.82, 2.24) is 0 Å². The van der Waals surface area contributed by atoms with E-state index in [1.54, 1.807) is 0 Å². The van der Waals surface area contributed by atoms with Crippen molar-refractivity contribution < 1.29 is 15.3 Å². The minimum absolute atomic E-state index is 0.352. The molecule has 0 aromatic carbocycles. The molecule has 0 saturated heterocycles. The van der Waals surface area contributed by atoms with E-state index in [1.807, 2.05) is 0 Å². The van der Waals surface area contributed by atoms with Crippen molar-refractivity contribution in [3.05, 3.63) is 0 Å². The van der Waals surface area contributed by atoms with Crippen LogP contribution in [0.3, 0.4) is 0 Å². The summed E-state index contributed by atoms with van der Waals surface area (Å²) in [6.45, 7) is 3.87. The van der Waals surface area contributed by atoms with Crippen LogP contribution in [0.1, 0.15) is 65.2 Å². The first kappa shape index (κ1) is 15.9. The van der Waals surface area contributed by atoms with Crippen molar-refractivity contribution in [3.8, 4) is 0 Å². The second kappa shape index (κ2) is 8.97. The smallest absolute Gasteiger partial charge is 0.106 e. The molecule has 16 heavy (non-hydrogen) atoms. The van der Waals surface area contributed by atoms with Gasteiger partial charge in [0.2, 0.25) is 0 Å². The quantitative estimate of drug-likeness (QED) is 0.506. The molecule has 3 heteroatoms. The second-order valence-electron chi connectivity index (χ2n) is 4.72. The highest BCUT2D eigenvalue weighted by molar-refractivity contribution is 4.86. The Morgan fingerprint density at radius 2 is 1.38 bits per heavy atom. The van der Waals surface area contributed by atoms with Gasteiger partial charge in [-0.05, 0) is 12.8 Å². The number of unbranched alkanes of at least 4 members (excludes halogenated alkanes) is 4. The fourth-order valence-corrected chi connectivity index (χ4v) is 1.99. The molecule has 0 saturated carbocycles. The van der Waals surface area contributed by atoms with Gasteiger partial charge in [0.15, 0.2) is 0 Å². The maximum Gasteiger partial charge on any atom is 0.106 e. The molecule has 1 atom stereocenters. The van der Waals surface area contributed by atoms with Gasteiger partial charge in [0.25, 0.3) is 0 Å². The number of rotatable bonds is 10. The van der Waals surface area contributed by atoms with Gasteiger partial charge in [-0.15, -0.1) is 0 Å². The normalized spacial score (nSPS) is 14.1. The molecule has 0 bridgehead atoms. The molecule has 0 aromatic rings. The Morgan fingerprint density at radius 3 is 1.69 bits per heavy atom. The molecular weight excluding hydrogens is 204 g/mol. The molecule has 0 radical (unpaired) electrons. The number of hydrogen-bond acceptors (Lipinski definition) is 3. The third kappa shape index (κ3) is 5.83. The fraction of sp³-hybridized carbons (Fsp3) is 1.00. The van der Waals surface area contributed by atoms with Crippen molar-refractivity contribution in [1.29, 1.82) is 0 Å². The Morgan fingerprint density at radius 1 is 0.938 bits per heavy atom. The van der Waals surface area contributed by atoms with Crippen LogP contribution in [-0.4, -0.2) is 33.6 Å². The van der Waals surface area contributed by atoms with E-state index in [2.05, 4.69) is 13.8 Å². The maximum absolute atomic E-state index is 10.3. The number of aliphatic hydroxyl groups is 3. The lowest BCUT2D eigenvalue weighted by molar-refractivity contribution is -0.106. The zero-order valence-corrected chi connectivity index (χ0v) is 10.8. The lowest BCUT2D eigenvalue weighted by Gasteiger charge is -2.32. The van der Waals surface area contributed by atoms with Gasteiger partial charge in [0, 0.05) is 0 Å². The lowest BCUT2D eigenvalue weighted by Crippen LogP contribution is -2.44. The Balaban J connectivity index is 4.13. The van der Waals surface area contributed by atoms with Crippen LogP contribution in [-0.2, 0) is 0 Å². The van der Waals surface area contributed by atoms with E-state index in [0.29, 0.717) is 12.8 Å². The van der Waals surface area contributed by atoms with Gasteiger partial charge in [-0.1, -0.05) is 52.4 Å². The summed E-state index contributed by atoms with van der Waals surface area (Å²) in [6, 6.07) is 0. The van der Waals surface area contributed by atoms with Gasteiger partial charge in [0.05, 0.1) is 12.2 Å². The Kier molecular flexibility index (Phi) is 8.90. The largest absolute Gasteiger partial charge is 0.394 e. The van der Waals surface area contributed by atoms with Crippen molar-refractivity contribution in [2.75, 3.05) is 6.61 Å². The summed E-state index contributed by atoms with van der Waals surface area (Å²) in [5.41, 5.74) is -1.08. The van der Waals surface area contributed by atoms with Crippen molar-refractivity contribution in [3.63, 3.8) is 0 Å². The van der Waals surface area contributed by atoms with E-state index in [9.17, 15) is 10.2 Å². The Bertz CT molecular complexity index is 149. The van der Waals surface area contributed by atoms with Gasteiger partial charge in [-0.25, -0.2) is 0 Å². The second-order valence-corrected chi connectivity index (χ2v) is 4.72. The van der Waals surface area contributed by atoms with E-state index >= 15 is 0 Å². The number of aliphatic hydroxyl groups excluding tert-OH is 2. The summed E-state index contributed by atoms with van der Waals surface area (Å²) in [5, 5.41) is 29.0. The van der Waals surface area contributed by atoms with E-state index in [0.717, 1.165) is 38.5 Å². The number of hydrogen-bond donors (Lipinski definition) is 3. The van der Waals surface area contributed by atoms with Crippen molar-refractivity contribution in [2.45, 2.75) is 76.9 Å². The molecule has 0 heterocycles. The molecular formula is C13H28O3. The van der Waals surface area contributed by atoms with Gasteiger partial charge in [-0.3, -0.25) is 0 Å². The molecule has 3 nitrogen and oxygen atoms in total. The minimum atomic E-state index is -1.08. The van der Waals surface area contributed by atoms with E-state index in [4.69, 9.17) is 5.11 Å². The minimum Gasteiger partial charge on any atom is -0.394 e. The first-order chi connectivity index (χ1) is 7.60. The summed E-state index contributed by atoms with van der Waals surface area (Å²) < 4.78 is 0. The molecule has 0 spiro atoms. The molecule has 98 valence electrons. The van der Waals surface area contributed by atoms with Crippen LogP contribution in [0.25, 0.3) is 0 Å². The molecule has 0 aliphatic carbocycles. The predicted molar refractivity (Wildman–Crippen MR) is 66.3 cm³/mol. The van der Waals surface area contributed by atoms with Crippen LogP contribution in [0.5, 0.6) is 0 Å². The zero-order chi connectivity index (χ0) is 12.4. The maximum atomic E-state index is 10.3. The molecule has 1 unspecified atom stereocenters. The first-order valence-electron chi connectivity index (χ1n) is 6.62. The summed E-state index contributed by atoms with van der Waals surface area (Å²) in [6.07, 6.45) is 6.33. The highest BCUT2D eigenvalue weighted by Crippen LogP contribution is 2.26. The average molecular weight is 232 g/mol. The van der Waals surface area contributed by atoms with Gasteiger partial charge in [-0.2, -0.15) is 0 Å². The van der Waals surface area contributed by atoms with Crippen LogP contribution in [0.2, 0.25) is 0 Å². The first-order valence-corrected chi connectivity index (χ1v) is 6.62. The van der Waals surface area contributed by atoms with Crippen molar-refractivity contribution >= 4 is 0 Å². The lowest BCUT2D eigenvalue weighted by atomic mass is 9.85. The Hall–Kier alpha value is -0.120. The molecule has 3 N–H and O–H groups in total. The molecule has 0 aliphatic heterocycles. The summed E-state index contributed by atoms with van der Waals surface area (Å²) in [7, 11) is 0. The van der Waals surface area contributed by atoms with E-state index in [-0.39, 0.29) is 6.61 Å². The monoisotopic (exact) mass is 232 g/mol. The summed E-state index contributed by atoms with van der Waals surface area (Å²) >= 11 is 0. The van der Waals surface area contributed by atoms with Crippen LogP contribution in [0.15, 0.2) is 0 Å².